The fraction of sp³-hybridized carbons (Fsp3) is 0.417. The Bertz CT molecular complexity index is 629. The van der Waals surface area contributed by atoms with Gasteiger partial charge in [-0.3, -0.25) is 9.52 Å². The number of hydrogen-bond acceptors (Lipinski definition) is 7. The van der Waals surface area contributed by atoms with E-state index < -0.39 is 21.2 Å². The molecule has 118 valence electrons. The first-order valence-corrected chi connectivity index (χ1v) is 7.42. The van der Waals surface area contributed by atoms with Gasteiger partial charge in [0, 0.05) is 12.1 Å². The predicted molar refractivity (Wildman–Crippen MR) is 78.0 cm³/mol. The van der Waals surface area contributed by atoms with Gasteiger partial charge in [-0.25, -0.2) is 8.42 Å². The molecule has 8 nitrogen and oxygen atoms in total. The van der Waals surface area contributed by atoms with Gasteiger partial charge < -0.3 is 19.9 Å². The van der Waals surface area contributed by atoms with Crippen LogP contribution in [0.25, 0.3) is 0 Å². The minimum absolute atomic E-state index is 0.0865. The van der Waals surface area contributed by atoms with E-state index in [1.54, 1.807) is 0 Å². The van der Waals surface area contributed by atoms with Gasteiger partial charge in [0.05, 0.1) is 32.7 Å². The summed E-state index contributed by atoms with van der Waals surface area (Å²) in [6, 6.07) is 2.79. The largest absolute Gasteiger partial charge is 0.493 e. The van der Waals surface area contributed by atoms with Crippen LogP contribution in [0.3, 0.4) is 0 Å². The summed E-state index contributed by atoms with van der Waals surface area (Å²) >= 11 is 0. The average molecular weight is 318 g/mol. The van der Waals surface area contributed by atoms with Crippen LogP contribution in [0.5, 0.6) is 11.5 Å². The SMILES string of the molecule is COC(=O)C(C)S(=O)(=O)Nc1cc(OC)c(OC)cc1N. The van der Waals surface area contributed by atoms with Crippen molar-refractivity contribution in [3.63, 3.8) is 0 Å². The lowest BCUT2D eigenvalue weighted by Gasteiger charge is -2.16. The summed E-state index contributed by atoms with van der Waals surface area (Å²) < 4.78 is 40.9. The Morgan fingerprint density at radius 3 is 2.19 bits per heavy atom. The van der Waals surface area contributed by atoms with Crippen molar-refractivity contribution in [2.45, 2.75) is 12.2 Å². The van der Waals surface area contributed by atoms with Crippen molar-refractivity contribution in [1.82, 2.24) is 0 Å². The number of rotatable bonds is 6. The van der Waals surface area contributed by atoms with Gasteiger partial charge in [0.2, 0.25) is 10.0 Å². The summed E-state index contributed by atoms with van der Waals surface area (Å²) in [6.45, 7) is 1.21. The number of benzene rings is 1. The van der Waals surface area contributed by atoms with Crippen molar-refractivity contribution >= 4 is 27.4 Å². The summed E-state index contributed by atoms with van der Waals surface area (Å²) in [5.74, 6) is -0.212. The van der Waals surface area contributed by atoms with E-state index >= 15 is 0 Å². The average Bonchev–Trinajstić information content (AvgIpc) is 2.46. The molecule has 21 heavy (non-hydrogen) atoms. The van der Waals surface area contributed by atoms with Gasteiger partial charge in [-0.2, -0.15) is 0 Å². The van der Waals surface area contributed by atoms with Crippen molar-refractivity contribution < 1.29 is 27.4 Å². The molecular weight excluding hydrogens is 300 g/mol. The number of esters is 1. The molecule has 0 bridgehead atoms. The molecule has 0 spiro atoms. The first-order valence-electron chi connectivity index (χ1n) is 5.87. The number of nitrogens with one attached hydrogen (secondary N) is 1. The summed E-state index contributed by atoms with van der Waals surface area (Å²) in [7, 11) is -0.0452. The number of sulfonamides is 1. The quantitative estimate of drug-likeness (QED) is 0.582. The number of carbonyl (C=O) groups excluding carboxylic acids is 1. The van der Waals surface area contributed by atoms with Crippen molar-refractivity contribution in [3.8, 4) is 11.5 Å². The van der Waals surface area contributed by atoms with Gasteiger partial charge in [0.25, 0.3) is 0 Å². The summed E-state index contributed by atoms with van der Waals surface area (Å²) in [4.78, 5) is 11.3. The number of nitrogen functional groups attached to an aromatic ring is 1. The van der Waals surface area contributed by atoms with Gasteiger partial charge in [-0.15, -0.1) is 0 Å². The lowest BCUT2D eigenvalue weighted by atomic mass is 10.2. The standard InChI is InChI=1S/C12H18N2O6S/c1-7(12(15)20-4)21(16,17)14-9-6-11(19-3)10(18-2)5-8(9)13/h5-7,14H,13H2,1-4H3. The first-order chi connectivity index (χ1) is 9.76. The molecular formula is C12H18N2O6S. The second-order valence-corrected chi connectivity index (χ2v) is 6.11. The van der Waals surface area contributed by atoms with E-state index in [4.69, 9.17) is 15.2 Å². The highest BCUT2D eigenvalue weighted by molar-refractivity contribution is 7.94. The fourth-order valence-corrected chi connectivity index (χ4v) is 2.53. The van der Waals surface area contributed by atoms with E-state index in [9.17, 15) is 13.2 Å². The molecule has 9 heteroatoms. The zero-order valence-corrected chi connectivity index (χ0v) is 13.0. The maximum absolute atomic E-state index is 12.1. The molecule has 0 heterocycles. The number of anilines is 2. The lowest BCUT2D eigenvalue weighted by molar-refractivity contribution is -0.139. The third-order valence-electron chi connectivity index (χ3n) is 2.81. The minimum atomic E-state index is -3.99. The monoisotopic (exact) mass is 318 g/mol. The molecule has 0 aromatic heterocycles. The molecule has 0 fully saturated rings. The normalized spacial score (nSPS) is 12.4. The van der Waals surface area contributed by atoms with Crippen LogP contribution in [0.1, 0.15) is 6.92 Å². The van der Waals surface area contributed by atoms with Crippen LogP contribution in [0, 0.1) is 0 Å². The van der Waals surface area contributed by atoms with Crippen molar-refractivity contribution in [3.05, 3.63) is 12.1 Å². The van der Waals surface area contributed by atoms with E-state index in [-0.39, 0.29) is 11.4 Å². The van der Waals surface area contributed by atoms with Crippen molar-refractivity contribution in [2.24, 2.45) is 0 Å². The number of nitrogens with two attached hydrogens (primary N) is 1. The molecule has 3 N–H and O–H groups in total. The Hall–Kier alpha value is -2.16. The number of hydrogen-bond donors (Lipinski definition) is 2. The van der Waals surface area contributed by atoms with E-state index in [1.807, 2.05) is 0 Å². The van der Waals surface area contributed by atoms with E-state index in [2.05, 4.69) is 9.46 Å². The van der Waals surface area contributed by atoms with Gasteiger partial charge in [-0.05, 0) is 6.92 Å². The Labute approximate surface area is 123 Å². The molecule has 1 unspecified atom stereocenters. The Morgan fingerprint density at radius 1 is 1.19 bits per heavy atom. The molecule has 1 aromatic rings. The molecule has 1 atom stereocenters. The van der Waals surface area contributed by atoms with Crippen molar-refractivity contribution in [2.75, 3.05) is 31.8 Å². The summed E-state index contributed by atoms with van der Waals surface area (Å²) in [5.41, 5.74) is 5.98. The Balaban J connectivity index is 3.16. The molecule has 1 rings (SSSR count). The van der Waals surface area contributed by atoms with Crippen LogP contribution < -0.4 is 19.9 Å². The Kier molecular flexibility index (Phi) is 5.25. The van der Waals surface area contributed by atoms with Gasteiger partial charge >= 0.3 is 5.97 Å². The third-order valence-corrected chi connectivity index (χ3v) is 4.43. The summed E-state index contributed by atoms with van der Waals surface area (Å²) in [6.07, 6.45) is 0. The maximum atomic E-state index is 12.1. The highest BCUT2D eigenvalue weighted by Crippen LogP contribution is 2.35. The van der Waals surface area contributed by atoms with E-state index in [1.165, 1.54) is 33.3 Å². The smallest absolute Gasteiger partial charge is 0.325 e. The molecule has 0 saturated carbocycles. The van der Waals surface area contributed by atoms with Gasteiger partial charge in [-0.1, -0.05) is 0 Å². The second-order valence-electron chi connectivity index (χ2n) is 4.11. The molecule has 0 aliphatic carbocycles. The van der Waals surface area contributed by atoms with Gasteiger partial charge in [0.1, 0.15) is 0 Å². The molecule has 0 aliphatic heterocycles. The van der Waals surface area contributed by atoms with Crippen LogP contribution in [-0.2, 0) is 19.6 Å². The molecule has 0 radical (unpaired) electrons. The molecule has 0 aliphatic rings. The van der Waals surface area contributed by atoms with Crippen LogP contribution in [0.4, 0.5) is 11.4 Å². The van der Waals surface area contributed by atoms with Gasteiger partial charge in [0.15, 0.2) is 16.7 Å². The highest BCUT2D eigenvalue weighted by Gasteiger charge is 2.29. The topological polar surface area (TPSA) is 117 Å². The zero-order valence-electron chi connectivity index (χ0n) is 12.2. The van der Waals surface area contributed by atoms with Crippen LogP contribution in [0.2, 0.25) is 0 Å². The maximum Gasteiger partial charge on any atom is 0.325 e. The molecule has 1 aromatic carbocycles. The fourth-order valence-electron chi connectivity index (χ4n) is 1.52. The zero-order chi connectivity index (χ0) is 16.2. The van der Waals surface area contributed by atoms with Crippen LogP contribution in [0.15, 0.2) is 12.1 Å². The van der Waals surface area contributed by atoms with Crippen molar-refractivity contribution in [1.29, 1.82) is 0 Å². The third kappa shape index (κ3) is 3.69. The van der Waals surface area contributed by atoms with Crippen LogP contribution in [-0.4, -0.2) is 41.0 Å². The lowest BCUT2D eigenvalue weighted by Crippen LogP contribution is -2.33. The van der Waals surface area contributed by atoms with E-state index in [0.29, 0.717) is 11.5 Å². The van der Waals surface area contributed by atoms with Crippen LogP contribution >= 0.6 is 0 Å². The van der Waals surface area contributed by atoms with E-state index in [0.717, 1.165) is 7.11 Å². The predicted octanol–water partition coefficient (Wildman–Crippen LogP) is 0.589. The number of methoxy groups -OCH3 is 3. The number of ether oxygens (including phenoxy) is 3. The number of carbonyl (C=O) groups is 1. The first kappa shape index (κ1) is 16.9. The highest BCUT2D eigenvalue weighted by atomic mass is 32.2. The minimum Gasteiger partial charge on any atom is -0.493 e. The summed E-state index contributed by atoms with van der Waals surface area (Å²) in [5, 5.41) is -1.38. The molecule has 0 saturated heterocycles. The molecule has 0 amide bonds. The Morgan fingerprint density at radius 2 is 1.71 bits per heavy atom. The second kappa shape index (κ2) is 6.53.